The molecular weight excluding hydrogens is 400 g/mol. The highest BCUT2D eigenvalue weighted by Gasteiger charge is 2.26. The minimum Gasteiger partial charge on any atom is -0.369 e. The van der Waals surface area contributed by atoms with E-state index in [0.29, 0.717) is 30.8 Å². The summed E-state index contributed by atoms with van der Waals surface area (Å²) in [7, 11) is -3.27. The maximum atomic E-state index is 12.5. The van der Waals surface area contributed by atoms with Crippen molar-refractivity contribution in [2.75, 3.05) is 61.3 Å². The topological polar surface area (TPSA) is 73.0 Å². The first-order valence-electron chi connectivity index (χ1n) is 10.3. The van der Waals surface area contributed by atoms with E-state index in [2.05, 4.69) is 39.4 Å². The smallest absolute Gasteiger partial charge is 0.251 e. The number of rotatable bonds is 6. The number of anilines is 2. The third kappa shape index (κ3) is 4.60. The van der Waals surface area contributed by atoms with E-state index in [0.717, 1.165) is 38.3 Å². The van der Waals surface area contributed by atoms with Crippen LogP contribution in [-0.4, -0.2) is 71.3 Å². The van der Waals surface area contributed by atoms with Gasteiger partial charge in [0, 0.05) is 57.1 Å². The van der Waals surface area contributed by atoms with Crippen LogP contribution in [0.1, 0.15) is 15.9 Å². The van der Waals surface area contributed by atoms with Crippen molar-refractivity contribution in [2.45, 2.75) is 6.42 Å². The second-order valence-corrected chi connectivity index (χ2v) is 9.76. The van der Waals surface area contributed by atoms with E-state index in [9.17, 15) is 13.2 Å². The molecule has 0 bridgehead atoms. The molecule has 2 aliphatic heterocycles. The zero-order valence-electron chi connectivity index (χ0n) is 17.3. The van der Waals surface area contributed by atoms with Crippen LogP contribution < -0.4 is 14.5 Å². The average molecular weight is 429 g/mol. The molecular formula is C22H28N4O3S. The summed E-state index contributed by atoms with van der Waals surface area (Å²) in [6.45, 7) is 5.78. The molecule has 0 saturated carbocycles. The fourth-order valence-corrected chi connectivity index (χ4v) is 5.11. The second kappa shape index (κ2) is 8.65. The summed E-state index contributed by atoms with van der Waals surface area (Å²) >= 11 is 0. The molecule has 2 aliphatic rings. The van der Waals surface area contributed by atoms with Crippen LogP contribution in [-0.2, 0) is 16.4 Å². The molecule has 160 valence electrons. The highest BCUT2D eigenvalue weighted by atomic mass is 32.2. The van der Waals surface area contributed by atoms with E-state index in [-0.39, 0.29) is 5.91 Å². The second-order valence-electron chi connectivity index (χ2n) is 7.85. The molecule has 2 aromatic carbocycles. The molecule has 0 unspecified atom stereocenters. The lowest BCUT2D eigenvalue weighted by atomic mass is 10.1. The van der Waals surface area contributed by atoms with Gasteiger partial charge in [-0.1, -0.05) is 18.2 Å². The fraction of sp³-hybridized carbons (Fsp3) is 0.409. The van der Waals surface area contributed by atoms with Crippen LogP contribution in [0, 0.1) is 0 Å². The molecule has 7 nitrogen and oxygen atoms in total. The predicted molar refractivity (Wildman–Crippen MR) is 120 cm³/mol. The molecule has 0 atom stereocenters. The van der Waals surface area contributed by atoms with Gasteiger partial charge in [-0.15, -0.1) is 0 Å². The van der Waals surface area contributed by atoms with E-state index in [1.807, 2.05) is 12.1 Å². The molecule has 1 N–H and O–H groups in total. The maximum absolute atomic E-state index is 12.5. The molecule has 4 rings (SSSR count). The number of piperazine rings is 1. The molecule has 0 aromatic heterocycles. The summed E-state index contributed by atoms with van der Waals surface area (Å²) in [6, 6.07) is 15.7. The highest BCUT2D eigenvalue weighted by molar-refractivity contribution is 7.92. The third-order valence-electron chi connectivity index (χ3n) is 5.80. The average Bonchev–Trinajstić information content (AvgIpc) is 3.18. The van der Waals surface area contributed by atoms with Crippen LogP contribution in [0.5, 0.6) is 0 Å². The zero-order valence-corrected chi connectivity index (χ0v) is 18.1. The number of fused-ring (bicyclic) bond motifs is 1. The highest BCUT2D eigenvalue weighted by Crippen LogP contribution is 2.30. The monoisotopic (exact) mass is 428 g/mol. The van der Waals surface area contributed by atoms with Crippen molar-refractivity contribution in [1.29, 1.82) is 0 Å². The van der Waals surface area contributed by atoms with Crippen LogP contribution in [0.4, 0.5) is 11.4 Å². The van der Waals surface area contributed by atoms with Gasteiger partial charge in [0.25, 0.3) is 5.91 Å². The minimum absolute atomic E-state index is 0.112. The zero-order chi connectivity index (χ0) is 21.1. The SMILES string of the molecule is CS(=O)(=O)N1CCc2cc(C(=O)NCCN3CCN(c4ccccc4)CC3)ccc21. The number of para-hydroxylation sites is 1. The van der Waals surface area contributed by atoms with Gasteiger partial charge in [0.05, 0.1) is 11.9 Å². The largest absolute Gasteiger partial charge is 0.369 e. The molecule has 30 heavy (non-hydrogen) atoms. The summed E-state index contributed by atoms with van der Waals surface area (Å²) in [5, 5.41) is 3.00. The number of carbonyl (C=O) groups is 1. The van der Waals surface area contributed by atoms with Gasteiger partial charge < -0.3 is 10.2 Å². The summed E-state index contributed by atoms with van der Waals surface area (Å²) in [5.74, 6) is -0.112. The molecule has 0 spiro atoms. The Hall–Kier alpha value is -2.58. The van der Waals surface area contributed by atoms with Gasteiger partial charge in [0.15, 0.2) is 0 Å². The van der Waals surface area contributed by atoms with E-state index < -0.39 is 10.0 Å². The van der Waals surface area contributed by atoms with Gasteiger partial charge in [0.2, 0.25) is 10.0 Å². The van der Waals surface area contributed by atoms with E-state index in [1.165, 1.54) is 16.2 Å². The Morgan fingerprint density at radius 1 is 1.00 bits per heavy atom. The third-order valence-corrected chi connectivity index (χ3v) is 6.98. The predicted octanol–water partition coefficient (Wildman–Crippen LogP) is 1.56. The maximum Gasteiger partial charge on any atom is 0.251 e. The van der Waals surface area contributed by atoms with Gasteiger partial charge in [-0.25, -0.2) is 8.42 Å². The molecule has 1 amide bonds. The number of hydrogen-bond donors (Lipinski definition) is 1. The van der Waals surface area contributed by atoms with Crippen LogP contribution in [0.25, 0.3) is 0 Å². The molecule has 2 aromatic rings. The summed E-state index contributed by atoms with van der Waals surface area (Å²) in [4.78, 5) is 17.3. The van der Waals surface area contributed by atoms with E-state index in [1.54, 1.807) is 12.1 Å². The fourth-order valence-electron chi connectivity index (χ4n) is 4.16. The number of hydrogen-bond acceptors (Lipinski definition) is 5. The number of sulfonamides is 1. The summed E-state index contributed by atoms with van der Waals surface area (Å²) in [6.07, 6.45) is 1.84. The first-order valence-corrected chi connectivity index (χ1v) is 12.2. The molecule has 2 heterocycles. The van der Waals surface area contributed by atoms with Gasteiger partial charge in [-0.05, 0) is 42.3 Å². The lowest BCUT2D eigenvalue weighted by molar-refractivity contribution is 0.0947. The molecule has 0 radical (unpaired) electrons. The quantitative estimate of drug-likeness (QED) is 0.756. The van der Waals surface area contributed by atoms with Crippen molar-refractivity contribution < 1.29 is 13.2 Å². The molecule has 0 aliphatic carbocycles. The first kappa shape index (κ1) is 20.7. The van der Waals surface area contributed by atoms with Crippen LogP contribution >= 0.6 is 0 Å². The number of nitrogens with one attached hydrogen (secondary N) is 1. The van der Waals surface area contributed by atoms with Crippen molar-refractivity contribution in [2.24, 2.45) is 0 Å². The Kier molecular flexibility index (Phi) is 5.97. The van der Waals surface area contributed by atoms with E-state index >= 15 is 0 Å². The lowest BCUT2D eigenvalue weighted by Gasteiger charge is -2.36. The lowest BCUT2D eigenvalue weighted by Crippen LogP contribution is -2.48. The molecule has 8 heteroatoms. The van der Waals surface area contributed by atoms with Crippen molar-refractivity contribution in [3.05, 3.63) is 59.7 Å². The number of amides is 1. The first-order chi connectivity index (χ1) is 14.4. The van der Waals surface area contributed by atoms with Gasteiger partial charge in [-0.3, -0.25) is 14.0 Å². The Balaban J connectivity index is 1.25. The van der Waals surface area contributed by atoms with Crippen molar-refractivity contribution >= 4 is 27.3 Å². The molecule has 1 fully saturated rings. The van der Waals surface area contributed by atoms with Crippen LogP contribution in [0.3, 0.4) is 0 Å². The molecule has 1 saturated heterocycles. The summed E-state index contributed by atoms with van der Waals surface area (Å²) in [5.41, 5.74) is 3.44. The normalized spacial score (nSPS) is 17.1. The van der Waals surface area contributed by atoms with Gasteiger partial charge in [-0.2, -0.15) is 0 Å². The number of carbonyl (C=O) groups excluding carboxylic acids is 1. The van der Waals surface area contributed by atoms with Crippen LogP contribution in [0.2, 0.25) is 0 Å². The Bertz CT molecular complexity index is 1000. The van der Waals surface area contributed by atoms with Crippen molar-refractivity contribution in [3.8, 4) is 0 Å². The summed E-state index contributed by atoms with van der Waals surface area (Å²) < 4.78 is 25.1. The van der Waals surface area contributed by atoms with Crippen molar-refractivity contribution in [1.82, 2.24) is 10.2 Å². The van der Waals surface area contributed by atoms with Gasteiger partial charge in [0.1, 0.15) is 0 Å². The number of benzene rings is 2. The Morgan fingerprint density at radius 3 is 2.43 bits per heavy atom. The Labute approximate surface area is 178 Å². The number of nitrogens with zero attached hydrogens (tertiary/aromatic N) is 3. The Morgan fingerprint density at radius 2 is 1.73 bits per heavy atom. The van der Waals surface area contributed by atoms with Crippen LogP contribution in [0.15, 0.2) is 48.5 Å². The standard InChI is InChI=1S/C22H28N4O3S/c1-30(28,29)26-11-9-18-17-19(7-8-21(18)26)22(27)23-10-12-24-13-15-25(16-14-24)20-5-3-2-4-6-20/h2-8,17H,9-16H2,1H3,(H,23,27). The van der Waals surface area contributed by atoms with Crippen molar-refractivity contribution in [3.63, 3.8) is 0 Å². The van der Waals surface area contributed by atoms with Gasteiger partial charge >= 0.3 is 0 Å². The minimum atomic E-state index is -3.27. The van der Waals surface area contributed by atoms with E-state index in [4.69, 9.17) is 0 Å².